The molecule has 0 unspecified atom stereocenters. The Hall–Kier alpha value is -1.80. The van der Waals surface area contributed by atoms with Gasteiger partial charge in [0.2, 0.25) is 0 Å². The molecule has 1 heterocycles. The van der Waals surface area contributed by atoms with E-state index in [1.54, 1.807) is 19.9 Å². The molecule has 1 aromatic rings. The summed E-state index contributed by atoms with van der Waals surface area (Å²) >= 11 is 8.64. The number of esters is 1. The summed E-state index contributed by atoms with van der Waals surface area (Å²) < 4.78 is 11.2. The second kappa shape index (κ2) is 7.85. The summed E-state index contributed by atoms with van der Waals surface area (Å²) in [6, 6.07) is 2.69. The van der Waals surface area contributed by atoms with E-state index >= 15 is 0 Å². The molecule has 0 saturated carbocycles. The van der Waals surface area contributed by atoms with Gasteiger partial charge >= 0.3 is 5.97 Å². The van der Waals surface area contributed by atoms with Crippen molar-refractivity contribution in [2.75, 3.05) is 13.2 Å². The molecule has 0 radical (unpaired) electrons. The number of carbonyl (C=O) groups excluding carboxylic acids is 1. The highest BCUT2D eigenvalue weighted by atomic mass is 79.9. The van der Waals surface area contributed by atoms with E-state index in [1.165, 1.54) is 6.07 Å². The predicted molar refractivity (Wildman–Crippen MR) is 97.9 cm³/mol. The number of phenolic OH excluding ortho intramolecular Hbond substituents is 1. The van der Waals surface area contributed by atoms with E-state index in [1.807, 2.05) is 6.92 Å². The molecule has 6 nitrogen and oxygen atoms in total. The first kappa shape index (κ1) is 18.5. The maximum atomic E-state index is 12.4. The second-order valence-corrected chi connectivity index (χ2v) is 6.33. The fourth-order valence-corrected chi connectivity index (χ4v) is 3.29. The van der Waals surface area contributed by atoms with E-state index in [-0.39, 0.29) is 12.4 Å². The molecule has 130 valence electrons. The molecule has 0 saturated heterocycles. The Balaban J connectivity index is 2.55. The SMILES string of the molecule is CCOC(=O)C1=C(C)NC(=S)N[C@H]1c1cc(OCC)c(O)cc1Br. The molecule has 1 aliphatic heterocycles. The van der Waals surface area contributed by atoms with Crippen LogP contribution in [0.2, 0.25) is 0 Å². The van der Waals surface area contributed by atoms with Crippen molar-refractivity contribution >= 4 is 39.2 Å². The van der Waals surface area contributed by atoms with Gasteiger partial charge in [-0.2, -0.15) is 0 Å². The second-order valence-electron chi connectivity index (χ2n) is 5.07. The number of halogens is 1. The fraction of sp³-hybridized carbons (Fsp3) is 0.375. The lowest BCUT2D eigenvalue weighted by Gasteiger charge is -2.30. The van der Waals surface area contributed by atoms with Crippen LogP contribution in [0.15, 0.2) is 27.9 Å². The molecule has 3 N–H and O–H groups in total. The first-order valence-electron chi connectivity index (χ1n) is 7.49. The van der Waals surface area contributed by atoms with Crippen LogP contribution in [0.25, 0.3) is 0 Å². The van der Waals surface area contributed by atoms with Crippen LogP contribution in [-0.2, 0) is 9.53 Å². The Morgan fingerprint density at radius 1 is 1.38 bits per heavy atom. The average Bonchev–Trinajstić information content (AvgIpc) is 2.49. The van der Waals surface area contributed by atoms with Gasteiger partial charge in [0.05, 0.1) is 24.8 Å². The lowest BCUT2D eigenvalue weighted by Crippen LogP contribution is -2.45. The lowest BCUT2D eigenvalue weighted by molar-refractivity contribution is -0.139. The Morgan fingerprint density at radius 3 is 2.71 bits per heavy atom. The molecule has 0 spiro atoms. The Morgan fingerprint density at radius 2 is 2.08 bits per heavy atom. The number of hydrogen-bond acceptors (Lipinski definition) is 5. The molecule has 0 aliphatic carbocycles. The molecular formula is C16H19BrN2O4S. The van der Waals surface area contributed by atoms with Gasteiger partial charge in [0.25, 0.3) is 0 Å². The summed E-state index contributed by atoms with van der Waals surface area (Å²) in [6.07, 6.45) is 0. The molecule has 1 aromatic carbocycles. The summed E-state index contributed by atoms with van der Waals surface area (Å²) in [4.78, 5) is 12.4. The van der Waals surface area contributed by atoms with Crippen LogP contribution < -0.4 is 15.4 Å². The minimum Gasteiger partial charge on any atom is -0.504 e. The summed E-state index contributed by atoms with van der Waals surface area (Å²) in [7, 11) is 0. The van der Waals surface area contributed by atoms with E-state index in [2.05, 4.69) is 26.6 Å². The van der Waals surface area contributed by atoms with E-state index in [4.69, 9.17) is 21.7 Å². The molecule has 0 amide bonds. The predicted octanol–water partition coefficient (Wildman–Crippen LogP) is 2.91. The van der Waals surface area contributed by atoms with Gasteiger partial charge in [-0.1, -0.05) is 15.9 Å². The van der Waals surface area contributed by atoms with Gasteiger partial charge in [0, 0.05) is 10.2 Å². The lowest BCUT2D eigenvalue weighted by atomic mass is 9.95. The minimum absolute atomic E-state index is 0.0161. The summed E-state index contributed by atoms with van der Waals surface area (Å²) in [6.45, 7) is 6.03. The number of rotatable bonds is 5. The molecule has 2 rings (SSSR count). The van der Waals surface area contributed by atoms with Crippen molar-refractivity contribution in [2.45, 2.75) is 26.8 Å². The highest BCUT2D eigenvalue weighted by molar-refractivity contribution is 9.10. The van der Waals surface area contributed by atoms with Gasteiger partial charge < -0.3 is 25.2 Å². The van der Waals surface area contributed by atoms with Crippen molar-refractivity contribution in [3.05, 3.63) is 33.4 Å². The standard InChI is InChI=1S/C16H19BrN2O4S/c1-4-22-12-6-9(10(17)7-11(12)20)14-13(15(21)23-5-2)8(3)18-16(24)19-14/h6-7,14,20H,4-5H2,1-3H3,(H2,18,19,24)/t14-/m0/s1. The van der Waals surface area contributed by atoms with Crippen molar-refractivity contribution < 1.29 is 19.4 Å². The number of nitrogens with one attached hydrogen (secondary N) is 2. The number of carbonyl (C=O) groups is 1. The number of ether oxygens (including phenoxy) is 2. The maximum absolute atomic E-state index is 12.4. The first-order valence-corrected chi connectivity index (χ1v) is 8.69. The third-order valence-electron chi connectivity index (χ3n) is 3.45. The molecule has 8 heteroatoms. The number of phenols is 1. The van der Waals surface area contributed by atoms with Crippen LogP contribution in [0.3, 0.4) is 0 Å². The fourth-order valence-electron chi connectivity index (χ4n) is 2.46. The topological polar surface area (TPSA) is 79.8 Å². The van der Waals surface area contributed by atoms with Gasteiger partial charge in [-0.15, -0.1) is 0 Å². The van der Waals surface area contributed by atoms with E-state index in [9.17, 15) is 9.90 Å². The van der Waals surface area contributed by atoms with Crippen LogP contribution in [0, 0.1) is 0 Å². The normalized spacial score (nSPS) is 17.2. The van der Waals surface area contributed by atoms with Gasteiger partial charge in [-0.25, -0.2) is 4.79 Å². The van der Waals surface area contributed by atoms with Gasteiger partial charge in [0.15, 0.2) is 16.6 Å². The third kappa shape index (κ3) is 3.81. The Bertz CT molecular complexity index is 706. The van der Waals surface area contributed by atoms with Gasteiger partial charge in [-0.3, -0.25) is 0 Å². The number of thiocarbonyl (C=S) groups is 1. The van der Waals surface area contributed by atoms with Crippen molar-refractivity contribution in [1.82, 2.24) is 10.6 Å². The maximum Gasteiger partial charge on any atom is 0.338 e. The van der Waals surface area contributed by atoms with Gasteiger partial charge in [-0.05, 0) is 50.7 Å². The summed E-state index contributed by atoms with van der Waals surface area (Å²) in [5, 5.41) is 16.4. The van der Waals surface area contributed by atoms with Crippen molar-refractivity contribution in [3.63, 3.8) is 0 Å². The zero-order chi connectivity index (χ0) is 17.9. The zero-order valence-corrected chi connectivity index (χ0v) is 16.0. The molecule has 0 fully saturated rings. The van der Waals surface area contributed by atoms with Gasteiger partial charge in [0.1, 0.15) is 0 Å². The zero-order valence-electron chi connectivity index (χ0n) is 13.6. The first-order chi connectivity index (χ1) is 11.4. The third-order valence-corrected chi connectivity index (χ3v) is 4.36. The van der Waals surface area contributed by atoms with Crippen molar-refractivity contribution in [1.29, 1.82) is 0 Å². The van der Waals surface area contributed by atoms with Crippen LogP contribution in [0.4, 0.5) is 0 Å². The van der Waals surface area contributed by atoms with Crippen LogP contribution in [0.5, 0.6) is 11.5 Å². The van der Waals surface area contributed by atoms with Crippen LogP contribution >= 0.6 is 28.1 Å². The molecule has 0 bridgehead atoms. The smallest absolute Gasteiger partial charge is 0.338 e. The Labute approximate surface area is 154 Å². The molecule has 1 aliphatic rings. The van der Waals surface area contributed by atoms with Crippen LogP contribution in [-0.4, -0.2) is 29.4 Å². The van der Waals surface area contributed by atoms with Crippen molar-refractivity contribution in [3.8, 4) is 11.5 Å². The average molecular weight is 415 g/mol. The molecule has 0 aromatic heterocycles. The molecule has 1 atom stereocenters. The number of benzene rings is 1. The molecular weight excluding hydrogens is 396 g/mol. The van der Waals surface area contributed by atoms with E-state index < -0.39 is 12.0 Å². The monoisotopic (exact) mass is 414 g/mol. The number of aromatic hydroxyl groups is 1. The largest absolute Gasteiger partial charge is 0.504 e. The number of allylic oxidation sites excluding steroid dienone is 1. The summed E-state index contributed by atoms with van der Waals surface area (Å²) in [5.74, 6) is -0.0781. The van der Waals surface area contributed by atoms with Crippen LogP contribution in [0.1, 0.15) is 32.4 Å². The van der Waals surface area contributed by atoms with Crippen molar-refractivity contribution in [2.24, 2.45) is 0 Å². The van der Waals surface area contributed by atoms with E-state index in [0.717, 1.165) is 0 Å². The Kier molecular flexibility index (Phi) is 6.06. The number of hydrogen-bond donors (Lipinski definition) is 3. The van der Waals surface area contributed by atoms with E-state index in [0.29, 0.717) is 38.8 Å². The highest BCUT2D eigenvalue weighted by Gasteiger charge is 2.32. The highest BCUT2D eigenvalue weighted by Crippen LogP contribution is 2.39. The molecule has 24 heavy (non-hydrogen) atoms. The minimum atomic E-state index is -0.521. The summed E-state index contributed by atoms with van der Waals surface area (Å²) in [5.41, 5.74) is 1.77. The quantitative estimate of drug-likeness (QED) is 0.504.